The van der Waals surface area contributed by atoms with Crippen LogP contribution in [0.2, 0.25) is 0 Å². The van der Waals surface area contributed by atoms with E-state index in [2.05, 4.69) is 0 Å². The van der Waals surface area contributed by atoms with Crippen LogP contribution in [0.5, 0.6) is 5.75 Å². The Balaban J connectivity index is 1.86. The summed E-state index contributed by atoms with van der Waals surface area (Å²) >= 11 is 0. The summed E-state index contributed by atoms with van der Waals surface area (Å²) in [5.41, 5.74) is 0.622. The van der Waals surface area contributed by atoms with Crippen molar-refractivity contribution in [1.82, 2.24) is 9.80 Å². The van der Waals surface area contributed by atoms with Gasteiger partial charge in [-0.3, -0.25) is 9.59 Å². The van der Waals surface area contributed by atoms with Crippen molar-refractivity contribution in [2.45, 2.75) is 26.7 Å². The summed E-state index contributed by atoms with van der Waals surface area (Å²) in [5.74, 6) is 0.141. The number of halogens is 1. The predicted molar refractivity (Wildman–Crippen MR) is 89.3 cm³/mol. The van der Waals surface area contributed by atoms with E-state index in [1.807, 2.05) is 18.7 Å². The number of nitrogens with zero attached hydrogens (tertiary/aromatic N) is 2. The molecular weight excluding hydrogens is 311 g/mol. The van der Waals surface area contributed by atoms with Gasteiger partial charge >= 0.3 is 0 Å². The van der Waals surface area contributed by atoms with E-state index in [0.29, 0.717) is 44.1 Å². The van der Waals surface area contributed by atoms with Gasteiger partial charge in [-0.2, -0.15) is 0 Å². The number of hydrogen-bond acceptors (Lipinski definition) is 3. The summed E-state index contributed by atoms with van der Waals surface area (Å²) in [7, 11) is 1.41. The van der Waals surface area contributed by atoms with Crippen LogP contribution in [0.1, 0.15) is 25.8 Å². The first kappa shape index (κ1) is 18.2. The van der Waals surface area contributed by atoms with Crippen molar-refractivity contribution in [3.63, 3.8) is 0 Å². The fourth-order valence-electron chi connectivity index (χ4n) is 2.79. The van der Waals surface area contributed by atoms with Crippen LogP contribution in [-0.2, 0) is 16.0 Å². The van der Waals surface area contributed by atoms with Crippen molar-refractivity contribution in [3.05, 3.63) is 29.6 Å². The molecule has 0 spiro atoms. The second kappa shape index (κ2) is 8.13. The molecule has 0 radical (unpaired) electrons. The largest absolute Gasteiger partial charge is 0.494 e. The number of carbonyl (C=O) groups excluding carboxylic acids is 2. The fourth-order valence-corrected chi connectivity index (χ4v) is 2.79. The van der Waals surface area contributed by atoms with Crippen LogP contribution < -0.4 is 4.74 Å². The molecule has 0 aliphatic carbocycles. The number of ether oxygens (including phenoxy) is 1. The Bertz CT molecular complexity index is 596. The van der Waals surface area contributed by atoms with Crippen molar-refractivity contribution in [2.75, 3.05) is 33.3 Å². The number of rotatable bonds is 5. The van der Waals surface area contributed by atoms with Gasteiger partial charge in [-0.05, 0) is 23.6 Å². The van der Waals surface area contributed by atoms with Crippen LogP contribution in [0.15, 0.2) is 18.2 Å². The highest BCUT2D eigenvalue weighted by atomic mass is 19.1. The lowest BCUT2D eigenvalue weighted by atomic mass is 10.1. The second-order valence-corrected chi connectivity index (χ2v) is 6.51. The molecule has 24 heavy (non-hydrogen) atoms. The van der Waals surface area contributed by atoms with Gasteiger partial charge in [0, 0.05) is 32.6 Å². The lowest BCUT2D eigenvalue weighted by molar-refractivity contribution is -0.139. The molecule has 5 nitrogen and oxygen atoms in total. The molecule has 1 heterocycles. The van der Waals surface area contributed by atoms with E-state index in [0.717, 1.165) is 0 Å². The molecule has 0 bridgehead atoms. The molecule has 1 aromatic rings. The van der Waals surface area contributed by atoms with Gasteiger partial charge in [-0.25, -0.2) is 4.39 Å². The summed E-state index contributed by atoms with van der Waals surface area (Å²) in [6, 6.07) is 4.56. The topological polar surface area (TPSA) is 49.9 Å². The Hall–Kier alpha value is -2.11. The average molecular weight is 336 g/mol. The Morgan fingerprint density at radius 1 is 1.12 bits per heavy atom. The van der Waals surface area contributed by atoms with E-state index in [9.17, 15) is 14.0 Å². The lowest BCUT2D eigenvalue weighted by Crippen LogP contribution is -2.51. The molecule has 0 unspecified atom stereocenters. The van der Waals surface area contributed by atoms with Gasteiger partial charge < -0.3 is 14.5 Å². The van der Waals surface area contributed by atoms with E-state index in [-0.39, 0.29) is 24.0 Å². The highest BCUT2D eigenvalue weighted by Gasteiger charge is 2.24. The van der Waals surface area contributed by atoms with Gasteiger partial charge in [0.05, 0.1) is 13.5 Å². The maximum atomic E-state index is 13.7. The van der Waals surface area contributed by atoms with Crippen molar-refractivity contribution >= 4 is 11.8 Å². The SMILES string of the molecule is COc1ccc(CC(=O)N2CCN(C(=O)CC(C)C)CC2)cc1F. The molecule has 2 amide bonds. The summed E-state index contributed by atoms with van der Waals surface area (Å²) in [6.45, 7) is 6.22. The van der Waals surface area contributed by atoms with E-state index >= 15 is 0 Å². The van der Waals surface area contributed by atoms with Crippen LogP contribution in [0.25, 0.3) is 0 Å². The molecule has 1 aromatic carbocycles. The third-order valence-electron chi connectivity index (χ3n) is 4.14. The number of methoxy groups -OCH3 is 1. The lowest BCUT2D eigenvalue weighted by Gasteiger charge is -2.35. The zero-order chi connectivity index (χ0) is 17.7. The molecule has 0 atom stereocenters. The number of benzene rings is 1. The van der Waals surface area contributed by atoms with Gasteiger partial charge in [0.1, 0.15) is 0 Å². The third-order valence-corrected chi connectivity index (χ3v) is 4.14. The molecule has 2 rings (SSSR count). The highest BCUT2D eigenvalue weighted by molar-refractivity contribution is 5.80. The number of amides is 2. The van der Waals surface area contributed by atoms with Gasteiger partial charge in [0.25, 0.3) is 0 Å². The second-order valence-electron chi connectivity index (χ2n) is 6.51. The minimum absolute atomic E-state index is 0.0458. The molecule has 1 saturated heterocycles. The normalized spacial score (nSPS) is 14.9. The van der Waals surface area contributed by atoms with E-state index in [1.165, 1.54) is 19.2 Å². The van der Waals surface area contributed by atoms with Crippen molar-refractivity contribution in [3.8, 4) is 5.75 Å². The molecule has 1 aliphatic heterocycles. The molecule has 0 N–H and O–H groups in total. The fraction of sp³-hybridized carbons (Fsp3) is 0.556. The maximum absolute atomic E-state index is 13.7. The van der Waals surface area contributed by atoms with Crippen molar-refractivity contribution in [1.29, 1.82) is 0 Å². The number of hydrogen-bond donors (Lipinski definition) is 0. The minimum atomic E-state index is -0.466. The van der Waals surface area contributed by atoms with Crippen LogP contribution >= 0.6 is 0 Å². The standard InChI is InChI=1S/C18H25FN2O3/c1-13(2)10-17(22)20-6-8-21(9-7-20)18(23)12-14-4-5-16(24-3)15(19)11-14/h4-5,11,13H,6-10,12H2,1-3H3. The average Bonchev–Trinajstić information content (AvgIpc) is 2.54. The van der Waals surface area contributed by atoms with Crippen molar-refractivity contribution < 1.29 is 18.7 Å². The first-order valence-electron chi connectivity index (χ1n) is 8.28. The highest BCUT2D eigenvalue weighted by Crippen LogP contribution is 2.18. The number of piperazine rings is 1. The molecule has 1 fully saturated rings. The monoisotopic (exact) mass is 336 g/mol. The Morgan fingerprint density at radius 2 is 1.71 bits per heavy atom. The Kier molecular flexibility index (Phi) is 6.17. The van der Waals surface area contributed by atoms with Gasteiger partial charge in [-0.1, -0.05) is 19.9 Å². The minimum Gasteiger partial charge on any atom is -0.494 e. The third kappa shape index (κ3) is 4.69. The molecular formula is C18H25FN2O3. The molecule has 6 heteroatoms. The molecule has 132 valence electrons. The summed E-state index contributed by atoms with van der Waals surface area (Å²) in [5, 5.41) is 0. The maximum Gasteiger partial charge on any atom is 0.227 e. The first-order valence-corrected chi connectivity index (χ1v) is 8.28. The quantitative estimate of drug-likeness (QED) is 0.827. The van der Waals surface area contributed by atoms with Crippen LogP contribution in [0.3, 0.4) is 0 Å². The van der Waals surface area contributed by atoms with E-state index in [4.69, 9.17) is 4.74 Å². The van der Waals surface area contributed by atoms with Crippen molar-refractivity contribution in [2.24, 2.45) is 5.92 Å². The van der Waals surface area contributed by atoms with E-state index < -0.39 is 5.82 Å². The summed E-state index contributed by atoms with van der Waals surface area (Å²) in [6.07, 6.45) is 0.694. The molecule has 0 saturated carbocycles. The van der Waals surface area contributed by atoms with Crippen LogP contribution in [-0.4, -0.2) is 54.9 Å². The van der Waals surface area contributed by atoms with Gasteiger partial charge in [0.15, 0.2) is 11.6 Å². The predicted octanol–water partition coefficient (Wildman–Crippen LogP) is 2.09. The first-order chi connectivity index (χ1) is 11.4. The molecule has 1 aliphatic rings. The number of carbonyl (C=O) groups is 2. The summed E-state index contributed by atoms with van der Waals surface area (Å²) in [4.78, 5) is 28.0. The summed E-state index contributed by atoms with van der Waals surface area (Å²) < 4.78 is 18.6. The van der Waals surface area contributed by atoms with E-state index in [1.54, 1.807) is 11.0 Å². The Labute approximate surface area is 142 Å². The van der Waals surface area contributed by atoms with Gasteiger partial charge in [-0.15, -0.1) is 0 Å². The van der Waals surface area contributed by atoms with Crippen LogP contribution in [0, 0.1) is 11.7 Å². The van der Waals surface area contributed by atoms with Crippen LogP contribution in [0.4, 0.5) is 4.39 Å². The molecule has 0 aromatic heterocycles. The Morgan fingerprint density at radius 3 is 2.21 bits per heavy atom. The van der Waals surface area contributed by atoms with Gasteiger partial charge in [0.2, 0.25) is 11.8 Å². The smallest absolute Gasteiger partial charge is 0.227 e. The zero-order valence-corrected chi connectivity index (χ0v) is 14.5. The zero-order valence-electron chi connectivity index (χ0n) is 14.5.